The van der Waals surface area contributed by atoms with E-state index in [2.05, 4.69) is 5.32 Å². The van der Waals surface area contributed by atoms with Crippen LogP contribution in [0, 0.1) is 0 Å². The van der Waals surface area contributed by atoms with E-state index in [0.717, 1.165) is 37.0 Å². The maximum atomic E-state index is 12.6. The first-order chi connectivity index (χ1) is 9.06. The summed E-state index contributed by atoms with van der Waals surface area (Å²) in [4.78, 5) is 24.5. The predicted molar refractivity (Wildman–Crippen MR) is 74.3 cm³/mol. The number of carbonyl (C=O) groups is 2. The van der Waals surface area contributed by atoms with Crippen molar-refractivity contribution < 1.29 is 14.7 Å². The number of thiophene rings is 1. The monoisotopic (exact) mass is 281 g/mol. The first-order valence-corrected chi connectivity index (χ1v) is 7.52. The fourth-order valence-electron chi connectivity index (χ4n) is 2.69. The van der Waals surface area contributed by atoms with E-state index in [9.17, 15) is 9.59 Å². The summed E-state index contributed by atoms with van der Waals surface area (Å²) in [6, 6.07) is 3.09. The van der Waals surface area contributed by atoms with E-state index in [1.165, 1.54) is 6.92 Å². The van der Waals surface area contributed by atoms with Gasteiger partial charge >= 0.3 is 5.97 Å². The molecule has 104 valence electrons. The first kappa shape index (κ1) is 14.1. The maximum Gasteiger partial charge on any atom is 0.325 e. The molecule has 1 aromatic heterocycles. The first-order valence-electron chi connectivity index (χ1n) is 6.64. The van der Waals surface area contributed by atoms with Gasteiger partial charge in [-0.15, -0.1) is 11.3 Å². The molecular weight excluding hydrogens is 262 g/mol. The highest BCUT2D eigenvalue weighted by Gasteiger charge is 2.42. The van der Waals surface area contributed by atoms with Gasteiger partial charge in [0.25, 0.3) is 0 Å². The number of carbonyl (C=O) groups excluding carboxylic acids is 1. The third-order valence-electron chi connectivity index (χ3n) is 3.85. The fourth-order valence-corrected chi connectivity index (χ4v) is 3.67. The second-order valence-electron chi connectivity index (χ2n) is 5.15. The third-order valence-corrected chi connectivity index (χ3v) is 4.93. The molecule has 1 atom stereocenters. The lowest BCUT2D eigenvalue weighted by Gasteiger charge is -2.35. The lowest BCUT2D eigenvalue weighted by Crippen LogP contribution is -2.50. The van der Waals surface area contributed by atoms with E-state index in [0.29, 0.717) is 0 Å². The Morgan fingerprint density at radius 1 is 1.37 bits per heavy atom. The largest absolute Gasteiger partial charge is 0.480 e. The van der Waals surface area contributed by atoms with Crippen molar-refractivity contribution >= 4 is 23.2 Å². The number of amides is 1. The summed E-state index contributed by atoms with van der Waals surface area (Å²) in [5.41, 5.74) is -0.518. The number of carboxylic acid groups (broad SMARTS) is 1. The van der Waals surface area contributed by atoms with Gasteiger partial charge in [-0.05, 0) is 31.2 Å². The Balaban J connectivity index is 2.23. The van der Waals surface area contributed by atoms with Gasteiger partial charge in [0, 0.05) is 4.88 Å². The zero-order valence-electron chi connectivity index (χ0n) is 11.0. The molecule has 2 rings (SSSR count). The molecule has 1 aromatic rings. The molecule has 5 heteroatoms. The molecule has 1 saturated carbocycles. The van der Waals surface area contributed by atoms with Gasteiger partial charge in [-0.3, -0.25) is 9.59 Å². The lowest BCUT2D eigenvalue weighted by molar-refractivity contribution is -0.142. The Labute approximate surface area is 116 Å². The minimum atomic E-state index is -0.995. The van der Waals surface area contributed by atoms with Crippen LogP contribution in [0.5, 0.6) is 0 Å². The lowest BCUT2D eigenvalue weighted by atomic mass is 9.72. The minimum Gasteiger partial charge on any atom is -0.480 e. The molecule has 0 unspecified atom stereocenters. The van der Waals surface area contributed by atoms with Gasteiger partial charge in [-0.25, -0.2) is 0 Å². The predicted octanol–water partition coefficient (Wildman–Crippen LogP) is 2.54. The Morgan fingerprint density at radius 3 is 2.58 bits per heavy atom. The van der Waals surface area contributed by atoms with Crippen molar-refractivity contribution in [2.45, 2.75) is 50.5 Å². The number of hydrogen-bond acceptors (Lipinski definition) is 3. The minimum absolute atomic E-state index is 0.135. The molecule has 2 N–H and O–H groups in total. The fraction of sp³-hybridized carbons (Fsp3) is 0.571. The van der Waals surface area contributed by atoms with E-state index < -0.39 is 17.4 Å². The highest BCUT2D eigenvalue weighted by Crippen LogP contribution is 2.41. The summed E-state index contributed by atoms with van der Waals surface area (Å²) < 4.78 is 0. The summed E-state index contributed by atoms with van der Waals surface area (Å²) in [6.07, 6.45) is 4.81. The van der Waals surface area contributed by atoms with E-state index in [4.69, 9.17) is 5.11 Å². The molecule has 0 aromatic carbocycles. The number of carboxylic acids is 1. The molecule has 1 heterocycles. The van der Waals surface area contributed by atoms with Crippen LogP contribution in [0.25, 0.3) is 0 Å². The van der Waals surface area contributed by atoms with E-state index >= 15 is 0 Å². The van der Waals surface area contributed by atoms with Gasteiger partial charge in [0.15, 0.2) is 0 Å². The molecule has 19 heavy (non-hydrogen) atoms. The van der Waals surface area contributed by atoms with Crippen LogP contribution in [0.2, 0.25) is 0 Å². The van der Waals surface area contributed by atoms with Crippen LogP contribution in [0.3, 0.4) is 0 Å². The maximum absolute atomic E-state index is 12.6. The molecule has 1 aliphatic carbocycles. The third kappa shape index (κ3) is 2.81. The summed E-state index contributed by atoms with van der Waals surface area (Å²) in [7, 11) is 0. The van der Waals surface area contributed by atoms with Crippen LogP contribution < -0.4 is 5.32 Å². The van der Waals surface area contributed by atoms with Gasteiger partial charge in [0.2, 0.25) is 5.91 Å². The smallest absolute Gasteiger partial charge is 0.325 e. The summed E-state index contributed by atoms with van der Waals surface area (Å²) in [5, 5.41) is 13.5. The molecule has 1 aliphatic rings. The highest BCUT2D eigenvalue weighted by molar-refractivity contribution is 7.10. The van der Waals surface area contributed by atoms with Crippen LogP contribution in [0.1, 0.15) is 43.9 Å². The number of hydrogen-bond donors (Lipinski definition) is 2. The second kappa shape index (κ2) is 5.74. The Hall–Kier alpha value is -1.36. The number of rotatable bonds is 4. The van der Waals surface area contributed by atoms with Crippen molar-refractivity contribution in [2.24, 2.45) is 0 Å². The Kier molecular flexibility index (Phi) is 4.24. The van der Waals surface area contributed by atoms with Crippen LogP contribution in [-0.4, -0.2) is 23.0 Å². The topological polar surface area (TPSA) is 66.4 Å². The summed E-state index contributed by atoms with van der Waals surface area (Å²) in [6.45, 7) is 1.51. The second-order valence-corrected chi connectivity index (χ2v) is 6.10. The van der Waals surface area contributed by atoms with Gasteiger partial charge in [0.05, 0.1) is 5.41 Å². The van der Waals surface area contributed by atoms with Crippen LogP contribution in [0.4, 0.5) is 0 Å². The molecule has 0 radical (unpaired) electrons. The van der Waals surface area contributed by atoms with Crippen LogP contribution >= 0.6 is 11.3 Å². The van der Waals surface area contributed by atoms with Crippen molar-refractivity contribution in [3.05, 3.63) is 22.4 Å². The van der Waals surface area contributed by atoms with Crippen molar-refractivity contribution in [3.8, 4) is 0 Å². The molecule has 1 fully saturated rings. The standard InChI is InChI=1S/C14H19NO3S/c1-10(12(16)17)15-13(18)14(7-3-2-4-8-14)11-6-5-9-19-11/h5-6,9-10H,2-4,7-8H2,1H3,(H,15,18)(H,16,17)/t10-/m1/s1. The van der Waals surface area contributed by atoms with Crippen molar-refractivity contribution in [1.29, 1.82) is 0 Å². The van der Waals surface area contributed by atoms with Crippen LogP contribution in [-0.2, 0) is 15.0 Å². The van der Waals surface area contributed by atoms with Gasteiger partial charge in [0.1, 0.15) is 6.04 Å². The van der Waals surface area contributed by atoms with Crippen molar-refractivity contribution in [1.82, 2.24) is 5.32 Å². The highest BCUT2D eigenvalue weighted by atomic mass is 32.1. The quantitative estimate of drug-likeness (QED) is 0.891. The zero-order chi connectivity index (χ0) is 13.9. The van der Waals surface area contributed by atoms with Crippen LogP contribution in [0.15, 0.2) is 17.5 Å². The number of nitrogens with one attached hydrogen (secondary N) is 1. The molecule has 0 saturated heterocycles. The Morgan fingerprint density at radius 2 is 2.05 bits per heavy atom. The summed E-state index contributed by atoms with van der Waals surface area (Å²) >= 11 is 1.58. The normalized spacial score (nSPS) is 19.6. The zero-order valence-corrected chi connectivity index (χ0v) is 11.8. The van der Waals surface area contributed by atoms with E-state index in [1.54, 1.807) is 11.3 Å². The van der Waals surface area contributed by atoms with Gasteiger partial charge in [-0.2, -0.15) is 0 Å². The average Bonchev–Trinajstić information content (AvgIpc) is 2.93. The van der Waals surface area contributed by atoms with E-state index in [1.807, 2.05) is 17.5 Å². The summed E-state index contributed by atoms with van der Waals surface area (Å²) in [5.74, 6) is -1.13. The average molecular weight is 281 g/mol. The Bertz CT molecular complexity index is 449. The van der Waals surface area contributed by atoms with Crippen molar-refractivity contribution in [2.75, 3.05) is 0 Å². The molecule has 1 amide bonds. The van der Waals surface area contributed by atoms with Gasteiger partial charge < -0.3 is 10.4 Å². The SMILES string of the molecule is C[C@@H](NC(=O)C1(c2cccs2)CCCCC1)C(=O)O. The molecule has 0 aliphatic heterocycles. The van der Waals surface area contributed by atoms with Gasteiger partial charge in [-0.1, -0.05) is 25.3 Å². The molecule has 0 spiro atoms. The number of aliphatic carboxylic acids is 1. The van der Waals surface area contributed by atoms with E-state index in [-0.39, 0.29) is 5.91 Å². The molecular formula is C14H19NO3S. The van der Waals surface area contributed by atoms with Crippen molar-refractivity contribution in [3.63, 3.8) is 0 Å². The molecule has 4 nitrogen and oxygen atoms in total. The molecule has 0 bridgehead atoms.